The van der Waals surface area contributed by atoms with Crippen molar-refractivity contribution in [3.05, 3.63) is 71.7 Å². The number of ether oxygens (including phenoxy) is 1. The van der Waals surface area contributed by atoms with Crippen LogP contribution in [-0.2, 0) is 11.2 Å². The highest BCUT2D eigenvalue weighted by molar-refractivity contribution is 5.96. The van der Waals surface area contributed by atoms with Gasteiger partial charge in [-0.3, -0.25) is 14.0 Å². The molecule has 14 heteroatoms. The van der Waals surface area contributed by atoms with E-state index in [1.807, 2.05) is 6.92 Å². The number of nitrogens with zero attached hydrogens (tertiary/aromatic N) is 4. The summed E-state index contributed by atoms with van der Waals surface area (Å²) in [5.41, 5.74) is 7.82. The lowest BCUT2D eigenvalue weighted by Crippen LogP contribution is -2.45. The van der Waals surface area contributed by atoms with Gasteiger partial charge in [-0.15, -0.1) is 0 Å². The lowest BCUT2D eigenvalue weighted by Gasteiger charge is -2.13. The number of carbonyl (C=O) groups excluding carboxylic acids is 2. The van der Waals surface area contributed by atoms with Crippen molar-refractivity contribution >= 4 is 29.0 Å². The highest BCUT2D eigenvalue weighted by Gasteiger charge is 2.20. The van der Waals surface area contributed by atoms with Crippen LogP contribution in [0.3, 0.4) is 0 Å². The van der Waals surface area contributed by atoms with Gasteiger partial charge in [0.15, 0.2) is 29.6 Å². The summed E-state index contributed by atoms with van der Waals surface area (Å²) in [6, 6.07) is 8.42. The number of hydrogen-bond donors (Lipinski definition) is 5. The van der Waals surface area contributed by atoms with Gasteiger partial charge in [0, 0.05) is 42.3 Å². The number of imidazole rings is 1. The fraction of sp³-hybridized carbons (Fsp3) is 0.250. The van der Waals surface area contributed by atoms with Gasteiger partial charge in [-0.25, -0.2) is 14.4 Å². The van der Waals surface area contributed by atoms with Crippen molar-refractivity contribution in [1.29, 1.82) is 5.26 Å². The molecule has 2 heterocycles. The van der Waals surface area contributed by atoms with Crippen LogP contribution in [0, 0.1) is 23.0 Å². The summed E-state index contributed by atoms with van der Waals surface area (Å²) in [5, 5.41) is 26.0. The highest BCUT2D eigenvalue weighted by Crippen LogP contribution is 2.32. The Morgan fingerprint density at radius 1 is 1.17 bits per heavy atom. The number of hydrogen-bond acceptors (Lipinski definition) is 9. The minimum absolute atomic E-state index is 0.0547. The number of aromatic nitrogens is 3. The zero-order valence-corrected chi connectivity index (χ0v) is 22.5. The molecule has 0 spiro atoms. The number of rotatable bonds is 12. The zero-order chi connectivity index (χ0) is 30.2. The van der Waals surface area contributed by atoms with Crippen LogP contribution < -0.4 is 26.4 Å². The summed E-state index contributed by atoms with van der Waals surface area (Å²) in [7, 11) is 0. The number of anilines is 2. The van der Waals surface area contributed by atoms with E-state index >= 15 is 0 Å². The van der Waals surface area contributed by atoms with Gasteiger partial charge in [0.2, 0.25) is 11.7 Å². The molecule has 42 heavy (non-hydrogen) atoms. The van der Waals surface area contributed by atoms with Crippen LogP contribution >= 0.6 is 0 Å². The van der Waals surface area contributed by atoms with E-state index in [0.717, 1.165) is 5.56 Å². The molecule has 0 aliphatic heterocycles. The summed E-state index contributed by atoms with van der Waals surface area (Å²) >= 11 is 0. The second-order valence-electron chi connectivity index (χ2n) is 8.99. The topological polar surface area (TPSA) is 180 Å². The molecular weight excluding hydrogens is 550 g/mol. The molecule has 6 N–H and O–H groups in total. The molecule has 4 aromatic rings. The molecule has 218 valence electrons. The summed E-state index contributed by atoms with van der Waals surface area (Å²) in [6.07, 6.45) is 4.98. The van der Waals surface area contributed by atoms with E-state index in [-0.39, 0.29) is 36.0 Å². The third-order valence-corrected chi connectivity index (χ3v) is 6.28. The van der Waals surface area contributed by atoms with Gasteiger partial charge in [0.25, 0.3) is 5.91 Å². The van der Waals surface area contributed by atoms with Gasteiger partial charge in [-0.1, -0.05) is 6.92 Å². The number of fused-ring (bicyclic) bond motifs is 1. The zero-order valence-electron chi connectivity index (χ0n) is 22.5. The monoisotopic (exact) mass is 578 g/mol. The average molecular weight is 579 g/mol. The lowest BCUT2D eigenvalue weighted by molar-refractivity contribution is -0.123. The van der Waals surface area contributed by atoms with Crippen LogP contribution in [0.5, 0.6) is 5.75 Å². The number of nitriles is 1. The second kappa shape index (κ2) is 13.5. The molecule has 2 aromatic heterocycles. The van der Waals surface area contributed by atoms with E-state index < -0.39 is 36.8 Å². The minimum Gasteiger partial charge on any atom is -0.476 e. The fourth-order valence-electron chi connectivity index (χ4n) is 4.15. The minimum atomic E-state index is -1.21. The SMILES string of the molecule is CCc1cc(Nc2nccn3c(-c4ccc(OCC#N)c(F)c4F)cnc23)ccc1C(=O)NCCNC(=O)[C@@H](N)CO. The van der Waals surface area contributed by atoms with E-state index in [0.29, 0.717) is 29.1 Å². The van der Waals surface area contributed by atoms with Crippen LogP contribution in [0.1, 0.15) is 22.8 Å². The van der Waals surface area contributed by atoms with Crippen LogP contribution in [0.2, 0.25) is 0 Å². The average Bonchev–Trinajstić information content (AvgIpc) is 3.44. The smallest absolute Gasteiger partial charge is 0.251 e. The van der Waals surface area contributed by atoms with Crippen molar-refractivity contribution < 1.29 is 28.2 Å². The molecule has 0 unspecified atom stereocenters. The molecule has 1 atom stereocenters. The molecule has 0 saturated heterocycles. The molecule has 2 amide bonds. The van der Waals surface area contributed by atoms with E-state index in [1.54, 1.807) is 34.9 Å². The molecule has 0 aliphatic carbocycles. The Hall–Kier alpha value is -5.13. The van der Waals surface area contributed by atoms with Crippen LogP contribution in [0.15, 0.2) is 48.9 Å². The maximum absolute atomic E-state index is 14.9. The Balaban J connectivity index is 1.51. The second-order valence-corrected chi connectivity index (χ2v) is 8.99. The molecule has 0 fully saturated rings. The molecule has 0 radical (unpaired) electrons. The van der Waals surface area contributed by atoms with Crippen molar-refractivity contribution in [3.8, 4) is 23.1 Å². The van der Waals surface area contributed by atoms with E-state index in [9.17, 15) is 18.4 Å². The van der Waals surface area contributed by atoms with Gasteiger partial charge in [0.05, 0.1) is 18.5 Å². The predicted octanol–water partition coefficient (Wildman–Crippen LogP) is 2.05. The van der Waals surface area contributed by atoms with Crippen LogP contribution in [0.4, 0.5) is 20.3 Å². The van der Waals surface area contributed by atoms with Crippen LogP contribution in [0.25, 0.3) is 16.9 Å². The summed E-state index contributed by atoms with van der Waals surface area (Å²) in [6.45, 7) is 1.32. The Morgan fingerprint density at radius 2 is 1.95 bits per heavy atom. The van der Waals surface area contributed by atoms with E-state index in [1.165, 1.54) is 24.5 Å². The van der Waals surface area contributed by atoms with E-state index in [4.69, 9.17) is 20.8 Å². The van der Waals surface area contributed by atoms with Crippen molar-refractivity contribution in [3.63, 3.8) is 0 Å². The standard InChI is InChI=1S/C28H28F2N8O4/c1-2-16-13-17(3-4-18(16)27(40)34-8-9-35-28(41)20(32)15-39)37-25-26-36-14-21(38(26)11-10-33-25)19-5-6-22(42-12-7-31)24(30)23(19)29/h3-6,10-11,13-14,20,39H,2,8-9,12,15,32H2,1H3,(H,33,37)(H,34,40)(H,35,41)/t20-/m0/s1. The molecule has 0 saturated carbocycles. The fourth-order valence-corrected chi connectivity index (χ4v) is 4.15. The first-order valence-electron chi connectivity index (χ1n) is 12.9. The van der Waals surface area contributed by atoms with Crippen molar-refractivity contribution in [1.82, 2.24) is 25.0 Å². The number of amides is 2. The first kappa shape index (κ1) is 29.8. The van der Waals surface area contributed by atoms with Gasteiger partial charge < -0.3 is 31.5 Å². The normalized spacial score (nSPS) is 11.5. The van der Waals surface area contributed by atoms with Crippen LogP contribution in [-0.4, -0.2) is 63.6 Å². The summed E-state index contributed by atoms with van der Waals surface area (Å²) in [4.78, 5) is 33.1. The molecule has 4 rings (SSSR count). The first-order chi connectivity index (χ1) is 20.3. The number of carbonyl (C=O) groups is 2. The first-order valence-corrected chi connectivity index (χ1v) is 12.9. The summed E-state index contributed by atoms with van der Waals surface area (Å²) < 4.78 is 35.9. The number of benzene rings is 2. The maximum atomic E-state index is 14.9. The number of nitrogens with two attached hydrogens (primary N) is 1. The van der Waals surface area contributed by atoms with Crippen molar-refractivity contribution in [2.75, 3.05) is 31.6 Å². The largest absolute Gasteiger partial charge is 0.476 e. The van der Waals surface area contributed by atoms with Gasteiger partial charge in [-0.2, -0.15) is 9.65 Å². The molecule has 0 aliphatic rings. The highest BCUT2D eigenvalue weighted by atomic mass is 19.2. The maximum Gasteiger partial charge on any atom is 0.251 e. The Labute approximate surface area is 239 Å². The molecule has 12 nitrogen and oxygen atoms in total. The number of nitrogens with one attached hydrogen (secondary N) is 3. The Bertz CT molecular complexity index is 1650. The molecule has 0 bridgehead atoms. The molecular formula is C28H28F2N8O4. The van der Waals surface area contributed by atoms with Crippen molar-refractivity contribution in [2.45, 2.75) is 19.4 Å². The third-order valence-electron chi connectivity index (χ3n) is 6.28. The number of halogens is 2. The Morgan fingerprint density at radius 3 is 2.69 bits per heavy atom. The molecule has 2 aromatic carbocycles. The number of aliphatic hydroxyl groups is 1. The quantitative estimate of drug-likeness (QED) is 0.157. The predicted molar refractivity (Wildman–Crippen MR) is 149 cm³/mol. The summed E-state index contributed by atoms with van der Waals surface area (Å²) in [5.74, 6) is -3.21. The van der Waals surface area contributed by atoms with Gasteiger partial charge >= 0.3 is 0 Å². The van der Waals surface area contributed by atoms with Gasteiger partial charge in [-0.05, 0) is 42.3 Å². The van der Waals surface area contributed by atoms with E-state index in [2.05, 4.69) is 25.9 Å². The number of aliphatic hydroxyl groups excluding tert-OH is 1. The Kier molecular flexibility index (Phi) is 9.58. The lowest BCUT2D eigenvalue weighted by atomic mass is 10.0. The van der Waals surface area contributed by atoms with Crippen molar-refractivity contribution in [2.24, 2.45) is 5.73 Å². The third kappa shape index (κ3) is 6.43. The van der Waals surface area contributed by atoms with Gasteiger partial charge in [0.1, 0.15) is 12.1 Å². The number of aryl methyl sites for hydroxylation is 1.